The van der Waals surface area contributed by atoms with E-state index in [9.17, 15) is 22.8 Å². The molecule has 0 bridgehead atoms. The van der Waals surface area contributed by atoms with Gasteiger partial charge in [0.15, 0.2) is 0 Å². The molecule has 8 heteroatoms. The van der Waals surface area contributed by atoms with E-state index in [-0.39, 0.29) is 5.69 Å². The lowest BCUT2D eigenvalue weighted by Crippen LogP contribution is -2.46. The van der Waals surface area contributed by atoms with Crippen molar-refractivity contribution in [1.29, 1.82) is 0 Å². The predicted octanol–water partition coefficient (Wildman–Crippen LogP) is 2.74. The molecule has 22 heavy (non-hydrogen) atoms. The van der Waals surface area contributed by atoms with Gasteiger partial charge in [0.25, 0.3) is 0 Å². The fourth-order valence-corrected chi connectivity index (χ4v) is 1.66. The largest absolute Gasteiger partial charge is 0.418 e. The molecule has 1 aromatic carbocycles. The molecule has 0 saturated carbocycles. The Morgan fingerprint density at radius 2 is 1.86 bits per heavy atom. The molecule has 1 atom stereocenters. The summed E-state index contributed by atoms with van der Waals surface area (Å²) in [5.41, 5.74) is -1.32. The van der Waals surface area contributed by atoms with E-state index in [0.717, 1.165) is 18.6 Å². The lowest BCUT2D eigenvalue weighted by Gasteiger charge is -2.17. The third kappa shape index (κ3) is 5.27. The first-order valence-corrected chi connectivity index (χ1v) is 6.77. The lowest BCUT2D eigenvalue weighted by atomic mass is 10.1. The molecule has 0 fully saturated rings. The van der Waals surface area contributed by atoms with Crippen LogP contribution in [0.15, 0.2) is 24.3 Å². The summed E-state index contributed by atoms with van der Waals surface area (Å²) in [6, 6.07) is 2.88. The average molecular weight is 317 g/mol. The Morgan fingerprint density at radius 1 is 1.23 bits per heavy atom. The average Bonchev–Trinajstić information content (AvgIpc) is 2.43. The highest BCUT2D eigenvalue weighted by molar-refractivity contribution is 5.94. The molecule has 0 radical (unpaired) electrons. The van der Waals surface area contributed by atoms with Gasteiger partial charge in [-0.05, 0) is 25.5 Å². The van der Waals surface area contributed by atoms with Crippen molar-refractivity contribution in [3.8, 4) is 0 Å². The van der Waals surface area contributed by atoms with Gasteiger partial charge in [0.1, 0.15) is 6.04 Å². The Kier molecular flexibility index (Phi) is 6.21. The van der Waals surface area contributed by atoms with Gasteiger partial charge in [-0.2, -0.15) is 13.2 Å². The first kappa shape index (κ1) is 17.8. The zero-order chi connectivity index (χ0) is 16.8. The van der Waals surface area contributed by atoms with Crippen LogP contribution < -0.4 is 16.0 Å². The zero-order valence-corrected chi connectivity index (χ0v) is 12.3. The maximum atomic E-state index is 12.8. The number of para-hydroxylation sites is 1. The molecule has 0 unspecified atom stereocenters. The van der Waals surface area contributed by atoms with Gasteiger partial charge in [0, 0.05) is 6.54 Å². The first-order valence-electron chi connectivity index (χ1n) is 6.77. The van der Waals surface area contributed by atoms with Gasteiger partial charge in [-0.15, -0.1) is 0 Å². The van der Waals surface area contributed by atoms with E-state index in [2.05, 4.69) is 16.0 Å². The van der Waals surface area contributed by atoms with E-state index >= 15 is 0 Å². The molecule has 0 aliphatic rings. The minimum atomic E-state index is -4.58. The van der Waals surface area contributed by atoms with Crippen LogP contribution in [-0.2, 0) is 11.0 Å². The molecule has 0 saturated heterocycles. The van der Waals surface area contributed by atoms with E-state index in [1.54, 1.807) is 0 Å². The number of carbonyl (C=O) groups excluding carboxylic acids is 2. The van der Waals surface area contributed by atoms with Crippen LogP contribution in [0.25, 0.3) is 0 Å². The maximum absolute atomic E-state index is 12.8. The van der Waals surface area contributed by atoms with Crippen LogP contribution in [0, 0.1) is 0 Å². The van der Waals surface area contributed by atoms with E-state index in [4.69, 9.17) is 0 Å². The van der Waals surface area contributed by atoms with Gasteiger partial charge in [-0.3, -0.25) is 4.79 Å². The van der Waals surface area contributed by atoms with Gasteiger partial charge < -0.3 is 16.0 Å². The Hall–Kier alpha value is -2.25. The van der Waals surface area contributed by atoms with Crippen molar-refractivity contribution in [2.45, 2.75) is 32.5 Å². The monoisotopic (exact) mass is 317 g/mol. The third-order valence-electron chi connectivity index (χ3n) is 2.77. The number of anilines is 1. The number of carbonyl (C=O) groups is 2. The number of hydrogen-bond donors (Lipinski definition) is 3. The quantitative estimate of drug-likeness (QED) is 0.781. The number of hydrogen-bond acceptors (Lipinski definition) is 2. The van der Waals surface area contributed by atoms with E-state index in [0.29, 0.717) is 6.54 Å². The van der Waals surface area contributed by atoms with Crippen LogP contribution in [0.4, 0.5) is 23.7 Å². The Labute approximate surface area is 126 Å². The van der Waals surface area contributed by atoms with Crippen LogP contribution >= 0.6 is 0 Å². The van der Waals surface area contributed by atoms with Gasteiger partial charge in [0.2, 0.25) is 5.91 Å². The van der Waals surface area contributed by atoms with E-state index in [1.807, 2.05) is 6.92 Å². The van der Waals surface area contributed by atoms with Gasteiger partial charge in [-0.25, -0.2) is 4.79 Å². The molecule has 3 N–H and O–H groups in total. The Bertz CT molecular complexity index is 532. The molecule has 0 heterocycles. The minimum absolute atomic E-state index is 0.367. The Balaban J connectivity index is 2.68. The number of amides is 3. The van der Waals surface area contributed by atoms with Crippen LogP contribution in [0.3, 0.4) is 0 Å². The van der Waals surface area contributed by atoms with Crippen molar-refractivity contribution in [2.24, 2.45) is 0 Å². The Morgan fingerprint density at radius 3 is 2.45 bits per heavy atom. The lowest BCUT2D eigenvalue weighted by molar-refractivity contribution is -0.137. The third-order valence-corrected chi connectivity index (χ3v) is 2.77. The smallest absolute Gasteiger partial charge is 0.354 e. The molecular weight excluding hydrogens is 299 g/mol. The summed E-state index contributed by atoms with van der Waals surface area (Å²) in [4.78, 5) is 23.3. The van der Waals surface area contributed by atoms with Crippen molar-refractivity contribution < 1.29 is 22.8 Å². The summed E-state index contributed by atoms with van der Waals surface area (Å²) < 4.78 is 38.4. The normalized spacial score (nSPS) is 12.4. The first-order chi connectivity index (χ1) is 10.3. The summed E-state index contributed by atoms with van der Waals surface area (Å²) in [5, 5.41) is 6.97. The molecule has 3 amide bonds. The fourth-order valence-electron chi connectivity index (χ4n) is 1.66. The van der Waals surface area contributed by atoms with Crippen LogP contribution in [-0.4, -0.2) is 24.5 Å². The second-order valence-electron chi connectivity index (χ2n) is 4.65. The number of alkyl halides is 3. The SMILES string of the molecule is CCCNC(=O)[C@@H](C)NC(=O)Nc1ccccc1C(F)(F)F. The van der Waals surface area contributed by atoms with E-state index in [1.165, 1.54) is 19.1 Å². The fraction of sp³-hybridized carbons (Fsp3) is 0.429. The highest BCUT2D eigenvalue weighted by atomic mass is 19.4. The number of urea groups is 1. The van der Waals surface area contributed by atoms with Gasteiger partial charge in [0.05, 0.1) is 11.3 Å². The number of rotatable bonds is 5. The summed E-state index contributed by atoms with van der Waals surface area (Å²) in [7, 11) is 0. The molecular formula is C14H18F3N3O2. The summed E-state index contributed by atoms with van der Waals surface area (Å²) in [6.45, 7) is 3.78. The number of halogens is 3. The van der Waals surface area contributed by atoms with Crippen molar-refractivity contribution in [1.82, 2.24) is 10.6 Å². The number of nitrogens with one attached hydrogen (secondary N) is 3. The molecule has 122 valence electrons. The highest BCUT2D eigenvalue weighted by Gasteiger charge is 2.33. The van der Waals surface area contributed by atoms with Crippen LogP contribution in [0.5, 0.6) is 0 Å². The van der Waals surface area contributed by atoms with Crippen molar-refractivity contribution in [3.05, 3.63) is 29.8 Å². The second-order valence-corrected chi connectivity index (χ2v) is 4.65. The molecule has 0 aliphatic carbocycles. The van der Waals surface area contributed by atoms with Crippen LogP contribution in [0.2, 0.25) is 0 Å². The minimum Gasteiger partial charge on any atom is -0.354 e. The molecule has 1 aromatic rings. The standard InChI is InChI=1S/C14H18F3N3O2/c1-3-8-18-12(21)9(2)19-13(22)20-11-7-5-4-6-10(11)14(15,16)17/h4-7,9H,3,8H2,1-2H3,(H,18,21)(H2,19,20,22)/t9-/m1/s1. The van der Waals surface area contributed by atoms with Gasteiger partial charge in [-0.1, -0.05) is 19.1 Å². The van der Waals surface area contributed by atoms with Crippen molar-refractivity contribution in [3.63, 3.8) is 0 Å². The summed E-state index contributed by atoms with van der Waals surface area (Å²) >= 11 is 0. The second kappa shape index (κ2) is 7.67. The maximum Gasteiger partial charge on any atom is 0.418 e. The highest BCUT2D eigenvalue weighted by Crippen LogP contribution is 2.34. The summed E-state index contributed by atoms with van der Waals surface area (Å²) in [5.74, 6) is -0.402. The summed E-state index contributed by atoms with van der Waals surface area (Å²) in [6.07, 6.45) is -3.84. The molecule has 0 aliphatic heterocycles. The molecule has 0 aromatic heterocycles. The molecule has 5 nitrogen and oxygen atoms in total. The van der Waals surface area contributed by atoms with E-state index < -0.39 is 29.7 Å². The topological polar surface area (TPSA) is 70.2 Å². The molecule has 1 rings (SSSR count). The van der Waals surface area contributed by atoms with Crippen LogP contribution in [0.1, 0.15) is 25.8 Å². The zero-order valence-electron chi connectivity index (χ0n) is 12.3. The van der Waals surface area contributed by atoms with Crippen molar-refractivity contribution in [2.75, 3.05) is 11.9 Å². The molecule has 0 spiro atoms. The van der Waals surface area contributed by atoms with Gasteiger partial charge >= 0.3 is 12.2 Å². The number of benzene rings is 1. The predicted molar refractivity (Wildman–Crippen MR) is 76.4 cm³/mol. The van der Waals surface area contributed by atoms with Crippen molar-refractivity contribution >= 4 is 17.6 Å².